The predicted octanol–water partition coefficient (Wildman–Crippen LogP) is 5.23. The molecule has 1 aromatic carbocycles. The Bertz CT molecular complexity index is 449. The van der Waals surface area contributed by atoms with Crippen molar-refractivity contribution < 1.29 is 0 Å². The largest absolute Gasteiger partial charge is 0.293 e. The summed E-state index contributed by atoms with van der Waals surface area (Å²) in [4.78, 5) is 2.71. The van der Waals surface area contributed by atoms with Crippen LogP contribution in [0.3, 0.4) is 0 Å². The summed E-state index contributed by atoms with van der Waals surface area (Å²) in [5, 5.41) is 0.844. The lowest BCUT2D eigenvalue weighted by Crippen LogP contribution is -2.58. The first kappa shape index (κ1) is 14.4. The monoisotopic (exact) mass is 291 g/mol. The maximum atomic E-state index is 6.07. The van der Waals surface area contributed by atoms with E-state index in [1.54, 1.807) is 0 Å². The second-order valence-electron chi connectivity index (χ2n) is 6.77. The van der Waals surface area contributed by atoms with Gasteiger partial charge in [0.15, 0.2) is 0 Å². The summed E-state index contributed by atoms with van der Waals surface area (Å²) >= 11 is 6.07. The van der Waals surface area contributed by atoms with Gasteiger partial charge in [-0.3, -0.25) is 4.90 Å². The molecule has 0 spiro atoms. The van der Waals surface area contributed by atoms with Crippen LogP contribution in [0.15, 0.2) is 24.3 Å². The molecule has 0 bridgehead atoms. The molecule has 2 atom stereocenters. The summed E-state index contributed by atoms with van der Waals surface area (Å²) in [6.07, 6.45) is 9.62. The van der Waals surface area contributed by atoms with Gasteiger partial charge < -0.3 is 0 Å². The van der Waals surface area contributed by atoms with Gasteiger partial charge in [0.1, 0.15) is 0 Å². The van der Waals surface area contributed by atoms with Crippen molar-refractivity contribution in [3.8, 4) is 0 Å². The maximum Gasteiger partial charge on any atom is 0.0486 e. The van der Waals surface area contributed by atoms with E-state index in [-0.39, 0.29) is 5.54 Å². The van der Waals surface area contributed by atoms with Crippen molar-refractivity contribution in [1.29, 1.82) is 0 Å². The van der Waals surface area contributed by atoms with Crippen LogP contribution in [0.1, 0.15) is 57.4 Å². The SMILES string of the molecule is CC1CCC1(c1ccc(Cl)cc1)N(C)C1CCCCC1. The van der Waals surface area contributed by atoms with Crippen molar-refractivity contribution in [3.05, 3.63) is 34.9 Å². The van der Waals surface area contributed by atoms with Gasteiger partial charge in [0.25, 0.3) is 0 Å². The Balaban J connectivity index is 1.89. The lowest BCUT2D eigenvalue weighted by molar-refractivity contribution is -0.0594. The Morgan fingerprint density at radius 1 is 1.05 bits per heavy atom. The van der Waals surface area contributed by atoms with Crippen molar-refractivity contribution in [3.63, 3.8) is 0 Å². The van der Waals surface area contributed by atoms with E-state index in [4.69, 9.17) is 11.6 Å². The highest BCUT2D eigenvalue weighted by atomic mass is 35.5. The Labute approximate surface area is 128 Å². The van der Waals surface area contributed by atoms with E-state index in [1.165, 1.54) is 50.5 Å². The molecule has 0 amide bonds. The van der Waals surface area contributed by atoms with E-state index < -0.39 is 0 Å². The van der Waals surface area contributed by atoms with Crippen LogP contribution >= 0.6 is 11.6 Å². The number of hydrogen-bond donors (Lipinski definition) is 0. The number of halogens is 1. The zero-order chi connectivity index (χ0) is 14.2. The Morgan fingerprint density at radius 2 is 1.70 bits per heavy atom. The van der Waals surface area contributed by atoms with Gasteiger partial charge in [0.05, 0.1) is 0 Å². The summed E-state index contributed by atoms with van der Waals surface area (Å²) in [7, 11) is 2.36. The molecule has 2 fully saturated rings. The molecule has 1 nitrogen and oxygen atoms in total. The van der Waals surface area contributed by atoms with Crippen molar-refractivity contribution in [2.24, 2.45) is 5.92 Å². The first-order chi connectivity index (χ1) is 9.64. The van der Waals surface area contributed by atoms with Crippen molar-refractivity contribution in [2.75, 3.05) is 7.05 Å². The molecule has 3 rings (SSSR count). The molecule has 0 saturated heterocycles. The summed E-state index contributed by atoms with van der Waals surface area (Å²) in [6, 6.07) is 9.37. The van der Waals surface area contributed by atoms with Crippen LogP contribution in [-0.4, -0.2) is 18.0 Å². The summed E-state index contributed by atoms with van der Waals surface area (Å²) in [6.45, 7) is 2.41. The molecule has 2 unspecified atom stereocenters. The number of benzene rings is 1. The number of nitrogens with zero attached hydrogens (tertiary/aromatic N) is 1. The van der Waals surface area contributed by atoms with Gasteiger partial charge >= 0.3 is 0 Å². The van der Waals surface area contributed by atoms with Gasteiger partial charge in [-0.1, -0.05) is 49.9 Å². The van der Waals surface area contributed by atoms with Crippen LogP contribution < -0.4 is 0 Å². The van der Waals surface area contributed by atoms with Crippen LogP contribution in [0.25, 0.3) is 0 Å². The number of hydrogen-bond acceptors (Lipinski definition) is 1. The quantitative estimate of drug-likeness (QED) is 0.737. The molecule has 1 aromatic rings. The minimum Gasteiger partial charge on any atom is -0.293 e. The van der Waals surface area contributed by atoms with Gasteiger partial charge in [0, 0.05) is 16.6 Å². The Kier molecular flexibility index (Phi) is 4.10. The van der Waals surface area contributed by atoms with Crippen LogP contribution in [0.5, 0.6) is 0 Å². The average Bonchev–Trinajstić information content (AvgIpc) is 2.49. The fraction of sp³-hybridized carbons (Fsp3) is 0.667. The smallest absolute Gasteiger partial charge is 0.0486 e. The molecule has 0 aliphatic heterocycles. The Hall–Kier alpha value is -0.530. The molecule has 0 N–H and O–H groups in total. The van der Waals surface area contributed by atoms with Crippen LogP contribution in [0.2, 0.25) is 5.02 Å². The number of rotatable bonds is 3. The topological polar surface area (TPSA) is 3.24 Å². The fourth-order valence-corrected chi connectivity index (χ4v) is 4.52. The van der Waals surface area contributed by atoms with Gasteiger partial charge in [-0.05, 0) is 56.3 Å². The minimum atomic E-state index is 0.257. The normalized spacial score (nSPS) is 31.3. The highest BCUT2D eigenvalue weighted by Gasteiger charge is 2.50. The van der Waals surface area contributed by atoms with Crippen LogP contribution in [0, 0.1) is 5.92 Å². The lowest BCUT2D eigenvalue weighted by atomic mass is 9.62. The molecule has 0 aromatic heterocycles. The van der Waals surface area contributed by atoms with Crippen molar-refractivity contribution in [2.45, 2.75) is 63.5 Å². The van der Waals surface area contributed by atoms with Gasteiger partial charge in [0.2, 0.25) is 0 Å². The van der Waals surface area contributed by atoms with E-state index in [9.17, 15) is 0 Å². The second kappa shape index (κ2) is 5.69. The molecule has 2 aliphatic carbocycles. The van der Waals surface area contributed by atoms with E-state index in [0.29, 0.717) is 0 Å². The maximum absolute atomic E-state index is 6.07. The standard InChI is InChI=1S/C18H26ClN/c1-14-12-13-18(14,15-8-10-16(19)11-9-15)20(2)17-6-4-3-5-7-17/h8-11,14,17H,3-7,12-13H2,1-2H3. The van der Waals surface area contributed by atoms with Crippen molar-refractivity contribution >= 4 is 11.6 Å². The third-order valence-electron chi connectivity index (χ3n) is 5.87. The third-order valence-corrected chi connectivity index (χ3v) is 6.12. The van der Waals surface area contributed by atoms with Gasteiger partial charge in [-0.15, -0.1) is 0 Å². The molecular weight excluding hydrogens is 266 g/mol. The summed E-state index contributed by atoms with van der Waals surface area (Å²) in [5.74, 6) is 0.746. The van der Waals surface area contributed by atoms with Gasteiger partial charge in [-0.25, -0.2) is 0 Å². The third kappa shape index (κ3) is 2.29. The predicted molar refractivity (Wildman–Crippen MR) is 86.2 cm³/mol. The fourth-order valence-electron chi connectivity index (χ4n) is 4.40. The summed E-state index contributed by atoms with van der Waals surface area (Å²) in [5.41, 5.74) is 1.72. The summed E-state index contributed by atoms with van der Waals surface area (Å²) < 4.78 is 0. The van der Waals surface area contributed by atoms with Crippen molar-refractivity contribution in [1.82, 2.24) is 4.90 Å². The van der Waals surface area contributed by atoms with Gasteiger partial charge in [-0.2, -0.15) is 0 Å². The first-order valence-electron chi connectivity index (χ1n) is 8.13. The van der Waals surface area contributed by atoms with E-state index >= 15 is 0 Å². The molecule has 2 heteroatoms. The molecule has 2 aliphatic rings. The molecule has 2 saturated carbocycles. The zero-order valence-electron chi connectivity index (χ0n) is 12.7. The average molecular weight is 292 g/mol. The molecule has 110 valence electrons. The second-order valence-corrected chi connectivity index (χ2v) is 7.21. The molecular formula is C18H26ClN. The molecule has 0 radical (unpaired) electrons. The molecule has 0 heterocycles. The highest BCUT2D eigenvalue weighted by molar-refractivity contribution is 6.30. The minimum absolute atomic E-state index is 0.257. The lowest BCUT2D eigenvalue weighted by Gasteiger charge is -2.57. The molecule has 20 heavy (non-hydrogen) atoms. The van der Waals surface area contributed by atoms with Crippen LogP contribution in [0.4, 0.5) is 0 Å². The van der Waals surface area contributed by atoms with E-state index in [1.807, 2.05) is 0 Å². The van der Waals surface area contributed by atoms with E-state index in [2.05, 4.69) is 43.1 Å². The van der Waals surface area contributed by atoms with E-state index in [0.717, 1.165) is 17.0 Å². The Morgan fingerprint density at radius 3 is 2.20 bits per heavy atom. The highest BCUT2D eigenvalue weighted by Crippen LogP contribution is 2.52. The first-order valence-corrected chi connectivity index (χ1v) is 8.51. The zero-order valence-corrected chi connectivity index (χ0v) is 13.5. The van der Waals surface area contributed by atoms with Crippen LogP contribution in [-0.2, 0) is 5.54 Å².